The average molecular weight is 562 g/mol. The number of aryl methyl sites for hydroxylation is 1. The number of fused-ring (bicyclic) bond motifs is 1. The Hall–Kier alpha value is -3.63. The van der Waals surface area contributed by atoms with Crippen LogP contribution in [-0.4, -0.2) is 76.3 Å². The predicted octanol–water partition coefficient (Wildman–Crippen LogP) is 4.47. The predicted molar refractivity (Wildman–Crippen MR) is 144 cm³/mol. The van der Waals surface area contributed by atoms with Crippen molar-refractivity contribution in [2.75, 3.05) is 39.0 Å². The quantitative estimate of drug-likeness (QED) is 0.262. The van der Waals surface area contributed by atoms with Crippen LogP contribution >= 0.6 is 11.8 Å². The summed E-state index contributed by atoms with van der Waals surface area (Å²) in [5.41, 5.74) is -2.18. The Bertz CT molecular complexity index is 1460. The maximum absolute atomic E-state index is 14.6. The number of carbonyl (C=O) groups excluding carboxylic acids is 1. The number of hydrogen-bond acceptors (Lipinski definition) is 7. The highest BCUT2D eigenvalue weighted by atomic mass is 32.2. The highest BCUT2D eigenvalue weighted by Gasteiger charge is 2.33. The van der Waals surface area contributed by atoms with Crippen LogP contribution in [0.5, 0.6) is 0 Å². The van der Waals surface area contributed by atoms with Gasteiger partial charge in [0.1, 0.15) is 16.4 Å². The van der Waals surface area contributed by atoms with Crippen molar-refractivity contribution < 1.29 is 22.4 Å². The third-order valence-electron chi connectivity index (χ3n) is 6.01. The third-order valence-corrected chi connectivity index (χ3v) is 6.83. The Morgan fingerprint density at radius 2 is 2.15 bits per heavy atom. The van der Waals surface area contributed by atoms with Gasteiger partial charge in [0.25, 0.3) is 5.91 Å². The molecule has 3 aromatic heterocycles. The maximum Gasteiger partial charge on any atom is 0.447 e. The van der Waals surface area contributed by atoms with E-state index < -0.39 is 11.7 Å². The molecular weight excluding hydrogens is 534 g/mol. The Morgan fingerprint density at radius 3 is 2.85 bits per heavy atom. The van der Waals surface area contributed by atoms with E-state index in [4.69, 9.17) is 0 Å². The molecule has 0 saturated carbocycles. The summed E-state index contributed by atoms with van der Waals surface area (Å²) in [5, 5.41) is 5.41. The molecule has 2 N–H and O–H groups in total. The van der Waals surface area contributed by atoms with Gasteiger partial charge in [-0.1, -0.05) is 12.8 Å². The summed E-state index contributed by atoms with van der Waals surface area (Å²) < 4.78 is 56.2. The van der Waals surface area contributed by atoms with Crippen molar-refractivity contribution in [2.45, 2.75) is 36.5 Å². The number of nitrogens with zero attached hydrogens (tertiary/aromatic N) is 5. The zero-order valence-electron chi connectivity index (χ0n) is 21.6. The minimum atomic E-state index is -4.58. The molecule has 0 aliphatic carbocycles. The lowest BCUT2D eigenvalue weighted by Gasteiger charge is -2.26. The Kier molecular flexibility index (Phi) is 8.76. The number of carbonyl (C=O) groups is 1. The number of likely N-dealkylation sites (tertiary alicyclic amines) is 1. The number of anilines is 1. The SMILES string of the molecule is CCc1ncc(C(=O)NC)cc1NCC#Cc1nc2c(N=C3CCN(C)C[C@@H]3F)cccn2c1SC(F)(F)F. The summed E-state index contributed by atoms with van der Waals surface area (Å²) >= 11 is -0.319. The van der Waals surface area contributed by atoms with E-state index in [0.29, 0.717) is 42.0 Å². The second-order valence-electron chi connectivity index (χ2n) is 8.79. The molecule has 4 heterocycles. The van der Waals surface area contributed by atoms with Crippen molar-refractivity contribution >= 4 is 40.4 Å². The smallest absolute Gasteiger partial charge is 0.373 e. The fourth-order valence-corrected chi connectivity index (χ4v) is 4.74. The molecule has 0 radical (unpaired) electrons. The largest absolute Gasteiger partial charge is 0.447 e. The number of pyridine rings is 2. The van der Waals surface area contributed by atoms with Crippen LogP contribution < -0.4 is 10.6 Å². The lowest BCUT2D eigenvalue weighted by atomic mass is 10.1. The number of piperidine rings is 1. The van der Waals surface area contributed by atoms with Gasteiger partial charge in [-0.05, 0) is 37.6 Å². The van der Waals surface area contributed by atoms with Crippen LogP contribution in [0, 0.1) is 11.8 Å². The number of halogens is 4. The molecule has 1 aliphatic heterocycles. The standard InChI is InChI=1S/C26H27F4N7OS/c1-4-18-22(13-16(14-33-18)24(38)31-2)32-10-5-7-21-25(39-26(28,29)30)37-11-6-8-20(23(37)35-21)34-19-9-12-36(3)15-17(19)27/h6,8,11,13-14,17,32H,4,9-10,12,15H2,1-3H3,(H,31,38)/t17-/m0/s1. The monoisotopic (exact) mass is 561 g/mol. The lowest BCUT2D eigenvalue weighted by molar-refractivity contribution is -0.0330. The first kappa shape index (κ1) is 28.4. The van der Waals surface area contributed by atoms with Crippen LogP contribution in [0.15, 0.2) is 40.6 Å². The number of thioether (sulfide) groups is 1. The molecule has 1 fully saturated rings. The number of amides is 1. The van der Waals surface area contributed by atoms with Crippen LogP contribution in [-0.2, 0) is 6.42 Å². The minimum absolute atomic E-state index is 0.0695. The van der Waals surface area contributed by atoms with Gasteiger partial charge in [-0.2, -0.15) is 13.2 Å². The molecule has 206 valence electrons. The fraction of sp³-hybridized carbons (Fsp3) is 0.385. The second-order valence-corrected chi connectivity index (χ2v) is 9.84. The van der Waals surface area contributed by atoms with Gasteiger partial charge in [-0.3, -0.25) is 19.2 Å². The zero-order valence-corrected chi connectivity index (χ0v) is 22.4. The van der Waals surface area contributed by atoms with E-state index in [1.807, 2.05) is 18.9 Å². The number of aromatic nitrogens is 3. The molecule has 8 nitrogen and oxygen atoms in total. The van der Waals surface area contributed by atoms with Crippen LogP contribution in [0.1, 0.15) is 35.1 Å². The highest BCUT2D eigenvalue weighted by molar-refractivity contribution is 8.00. The van der Waals surface area contributed by atoms with E-state index in [2.05, 4.69) is 37.4 Å². The topological polar surface area (TPSA) is 86.9 Å². The Labute approximate surface area is 227 Å². The van der Waals surface area contributed by atoms with Gasteiger partial charge >= 0.3 is 5.51 Å². The molecule has 0 bridgehead atoms. The van der Waals surface area contributed by atoms with Crippen LogP contribution in [0.25, 0.3) is 5.65 Å². The van der Waals surface area contributed by atoms with Crippen LogP contribution in [0.2, 0.25) is 0 Å². The van der Waals surface area contributed by atoms with E-state index in [9.17, 15) is 22.4 Å². The van der Waals surface area contributed by atoms with Gasteiger partial charge < -0.3 is 15.5 Å². The first-order chi connectivity index (χ1) is 18.6. The normalized spacial score (nSPS) is 17.2. The first-order valence-corrected chi connectivity index (χ1v) is 13.0. The van der Waals surface area contributed by atoms with Crippen molar-refractivity contribution in [3.8, 4) is 11.8 Å². The summed E-state index contributed by atoms with van der Waals surface area (Å²) in [6.07, 6.45) is 2.68. The number of aliphatic imine (C=N–C) groups is 1. The van der Waals surface area contributed by atoms with Gasteiger partial charge in [0.15, 0.2) is 11.8 Å². The highest BCUT2D eigenvalue weighted by Crippen LogP contribution is 2.40. The molecular formula is C26H27F4N7OS. The molecule has 39 heavy (non-hydrogen) atoms. The molecule has 4 rings (SSSR count). The van der Waals surface area contributed by atoms with Gasteiger partial charge in [-0.25, -0.2) is 9.37 Å². The molecule has 1 aliphatic rings. The van der Waals surface area contributed by atoms with Crippen molar-refractivity contribution in [1.82, 2.24) is 24.6 Å². The lowest BCUT2D eigenvalue weighted by Crippen LogP contribution is -2.39. The van der Waals surface area contributed by atoms with Gasteiger partial charge in [0.05, 0.1) is 29.2 Å². The van der Waals surface area contributed by atoms with Crippen LogP contribution in [0.4, 0.5) is 28.9 Å². The summed E-state index contributed by atoms with van der Waals surface area (Å²) in [4.78, 5) is 26.9. The number of imidazole rings is 1. The second kappa shape index (κ2) is 12.0. The molecule has 1 atom stereocenters. The summed E-state index contributed by atoms with van der Waals surface area (Å²) in [6.45, 7) is 2.82. The minimum Gasteiger partial charge on any atom is -0.373 e. The summed E-state index contributed by atoms with van der Waals surface area (Å²) in [7, 11) is 3.33. The van der Waals surface area contributed by atoms with E-state index >= 15 is 0 Å². The molecule has 1 saturated heterocycles. The molecule has 0 unspecified atom stereocenters. The number of rotatable bonds is 6. The molecule has 0 aromatic carbocycles. The van der Waals surface area contributed by atoms with Crippen molar-refractivity contribution in [3.05, 3.63) is 47.5 Å². The van der Waals surface area contributed by atoms with Crippen molar-refractivity contribution in [1.29, 1.82) is 0 Å². The number of hydrogen-bond donors (Lipinski definition) is 2. The van der Waals surface area contributed by atoms with Crippen LogP contribution in [0.3, 0.4) is 0 Å². The Balaban J connectivity index is 1.66. The number of nitrogens with one attached hydrogen (secondary N) is 2. The maximum atomic E-state index is 14.6. The fourth-order valence-electron chi connectivity index (χ4n) is 4.08. The Morgan fingerprint density at radius 1 is 1.36 bits per heavy atom. The van der Waals surface area contributed by atoms with E-state index in [-0.39, 0.29) is 52.8 Å². The average Bonchev–Trinajstić information content (AvgIpc) is 3.24. The molecule has 3 aromatic rings. The zero-order chi connectivity index (χ0) is 28.2. The first-order valence-electron chi connectivity index (χ1n) is 12.2. The van der Waals surface area contributed by atoms with Crippen molar-refractivity contribution in [3.63, 3.8) is 0 Å². The van der Waals surface area contributed by atoms with E-state index in [0.717, 1.165) is 0 Å². The third kappa shape index (κ3) is 6.88. The van der Waals surface area contributed by atoms with E-state index in [1.165, 1.54) is 23.8 Å². The number of alkyl halides is 4. The van der Waals surface area contributed by atoms with E-state index in [1.54, 1.807) is 18.2 Å². The summed E-state index contributed by atoms with van der Waals surface area (Å²) in [5.74, 6) is 5.25. The molecule has 0 spiro atoms. The molecule has 13 heteroatoms. The van der Waals surface area contributed by atoms with Crippen molar-refractivity contribution in [2.24, 2.45) is 4.99 Å². The molecule has 1 amide bonds. The van der Waals surface area contributed by atoms with Gasteiger partial charge in [0.2, 0.25) is 0 Å². The summed E-state index contributed by atoms with van der Waals surface area (Å²) in [6, 6.07) is 4.79. The van der Waals surface area contributed by atoms with Gasteiger partial charge in [0, 0.05) is 50.7 Å². The van der Waals surface area contributed by atoms with Gasteiger partial charge in [-0.15, -0.1) is 0 Å².